The molecule has 3 N–H and O–H groups in total. The van der Waals surface area contributed by atoms with Crippen molar-refractivity contribution in [1.29, 1.82) is 0 Å². The normalized spacial score (nSPS) is 11.7. The van der Waals surface area contributed by atoms with Gasteiger partial charge < -0.3 is 11.1 Å². The Bertz CT molecular complexity index is 480. The summed E-state index contributed by atoms with van der Waals surface area (Å²) >= 11 is 0. The fraction of sp³-hybridized carbons (Fsp3) is 0.471. The lowest BCUT2D eigenvalue weighted by molar-refractivity contribution is 0.0937. The van der Waals surface area contributed by atoms with E-state index in [2.05, 4.69) is 31.0 Å². The first-order chi connectivity index (χ1) is 9.52. The van der Waals surface area contributed by atoms with Crippen LogP contribution in [0.15, 0.2) is 24.3 Å². The van der Waals surface area contributed by atoms with Crippen molar-refractivity contribution in [1.82, 2.24) is 5.32 Å². The minimum Gasteiger partial charge on any atom is -0.350 e. The van der Waals surface area contributed by atoms with E-state index < -0.39 is 0 Å². The van der Waals surface area contributed by atoms with Crippen molar-refractivity contribution in [2.45, 2.75) is 39.7 Å². The van der Waals surface area contributed by atoms with Crippen molar-refractivity contribution in [3.63, 3.8) is 0 Å². The maximum Gasteiger partial charge on any atom is 0.251 e. The summed E-state index contributed by atoms with van der Waals surface area (Å²) in [6, 6.07) is 7.48. The van der Waals surface area contributed by atoms with Crippen LogP contribution in [0.3, 0.4) is 0 Å². The third-order valence-corrected chi connectivity index (χ3v) is 3.04. The molecule has 0 saturated carbocycles. The molecule has 0 aliphatic carbocycles. The maximum atomic E-state index is 12.1. The zero-order chi connectivity index (χ0) is 15.0. The molecule has 1 atom stereocenters. The molecule has 0 radical (unpaired) electrons. The highest BCUT2D eigenvalue weighted by Crippen LogP contribution is 2.08. The summed E-state index contributed by atoms with van der Waals surface area (Å²) in [6.07, 6.45) is 2.12. The van der Waals surface area contributed by atoms with Crippen LogP contribution in [0.1, 0.15) is 49.5 Å². The van der Waals surface area contributed by atoms with Crippen molar-refractivity contribution in [2.75, 3.05) is 6.54 Å². The standard InChI is InChI=1S/C17H24N2O/c1-13(2)6-7-14(3)19-17(20)16-10-8-15(9-11-16)5-4-12-18/h8-11,13-14H,6-7,12,18H2,1-3H3,(H,19,20). The third kappa shape index (κ3) is 5.90. The van der Waals surface area contributed by atoms with Gasteiger partial charge in [-0.1, -0.05) is 25.7 Å². The first-order valence-corrected chi connectivity index (χ1v) is 7.12. The Kier molecular flexibility index (Phi) is 6.83. The molecule has 3 heteroatoms. The third-order valence-electron chi connectivity index (χ3n) is 3.04. The first kappa shape index (κ1) is 16.3. The second-order valence-corrected chi connectivity index (χ2v) is 5.43. The van der Waals surface area contributed by atoms with Crippen LogP contribution in [0.2, 0.25) is 0 Å². The average molecular weight is 272 g/mol. The van der Waals surface area contributed by atoms with Crippen molar-refractivity contribution in [3.05, 3.63) is 35.4 Å². The van der Waals surface area contributed by atoms with E-state index in [4.69, 9.17) is 5.73 Å². The summed E-state index contributed by atoms with van der Waals surface area (Å²) in [7, 11) is 0. The Balaban J connectivity index is 2.55. The molecule has 1 rings (SSSR count). The SMILES string of the molecule is CC(C)CCC(C)NC(=O)c1ccc(C#CCN)cc1. The minimum atomic E-state index is -0.0282. The molecule has 20 heavy (non-hydrogen) atoms. The molecule has 0 aliphatic rings. The number of nitrogens with one attached hydrogen (secondary N) is 1. The molecule has 0 aromatic heterocycles. The molecule has 1 unspecified atom stereocenters. The monoisotopic (exact) mass is 272 g/mol. The van der Waals surface area contributed by atoms with Gasteiger partial charge in [0.05, 0.1) is 6.54 Å². The van der Waals surface area contributed by atoms with Crippen LogP contribution in [0.4, 0.5) is 0 Å². The van der Waals surface area contributed by atoms with Gasteiger partial charge in [-0.25, -0.2) is 0 Å². The number of hydrogen-bond donors (Lipinski definition) is 2. The molecule has 0 aliphatic heterocycles. The lowest BCUT2D eigenvalue weighted by Crippen LogP contribution is -2.32. The Morgan fingerprint density at radius 1 is 1.20 bits per heavy atom. The topological polar surface area (TPSA) is 55.1 Å². The zero-order valence-electron chi connectivity index (χ0n) is 12.6. The number of benzene rings is 1. The largest absolute Gasteiger partial charge is 0.350 e. The maximum absolute atomic E-state index is 12.1. The molecule has 3 nitrogen and oxygen atoms in total. The number of carbonyl (C=O) groups excluding carboxylic acids is 1. The molecule has 0 spiro atoms. The van der Waals surface area contributed by atoms with Crippen LogP contribution in [-0.4, -0.2) is 18.5 Å². The van der Waals surface area contributed by atoms with Crippen LogP contribution in [0.25, 0.3) is 0 Å². The molecule has 0 heterocycles. The van der Waals surface area contributed by atoms with E-state index >= 15 is 0 Å². The molecular weight excluding hydrogens is 248 g/mol. The van der Waals surface area contributed by atoms with E-state index in [-0.39, 0.29) is 11.9 Å². The van der Waals surface area contributed by atoms with E-state index in [1.165, 1.54) is 0 Å². The van der Waals surface area contributed by atoms with Gasteiger partial charge in [0.15, 0.2) is 0 Å². The Hall–Kier alpha value is -1.79. The summed E-state index contributed by atoms with van der Waals surface area (Å²) in [6.45, 7) is 6.77. The fourth-order valence-corrected chi connectivity index (χ4v) is 1.82. The van der Waals surface area contributed by atoms with Gasteiger partial charge in [0.25, 0.3) is 5.91 Å². The average Bonchev–Trinajstić information content (AvgIpc) is 2.43. The van der Waals surface area contributed by atoms with Crippen LogP contribution in [-0.2, 0) is 0 Å². The predicted molar refractivity (Wildman–Crippen MR) is 83.4 cm³/mol. The van der Waals surface area contributed by atoms with Crippen molar-refractivity contribution < 1.29 is 4.79 Å². The minimum absolute atomic E-state index is 0.0282. The van der Waals surface area contributed by atoms with Crippen LogP contribution in [0.5, 0.6) is 0 Å². The number of carbonyl (C=O) groups is 1. The number of nitrogens with two attached hydrogens (primary N) is 1. The van der Waals surface area contributed by atoms with Crippen molar-refractivity contribution in [3.8, 4) is 11.8 Å². The van der Waals surface area contributed by atoms with Crippen LogP contribution < -0.4 is 11.1 Å². The molecule has 0 saturated heterocycles. The van der Waals surface area contributed by atoms with Crippen molar-refractivity contribution in [2.24, 2.45) is 11.7 Å². The van der Waals surface area contributed by atoms with Gasteiger partial charge >= 0.3 is 0 Å². The van der Waals surface area contributed by atoms with E-state index in [9.17, 15) is 4.79 Å². The Morgan fingerprint density at radius 2 is 1.85 bits per heavy atom. The van der Waals surface area contributed by atoms with Gasteiger partial charge in [-0.3, -0.25) is 4.79 Å². The summed E-state index contributed by atoms with van der Waals surface area (Å²) in [5.41, 5.74) is 6.86. The number of rotatable bonds is 5. The van der Waals surface area contributed by atoms with E-state index in [1.54, 1.807) is 12.1 Å². The quantitative estimate of drug-likeness (QED) is 0.809. The van der Waals surface area contributed by atoms with Crippen molar-refractivity contribution >= 4 is 5.91 Å². The lowest BCUT2D eigenvalue weighted by Gasteiger charge is -2.15. The van der Waals surface area contributed by atoms with E-state index in [1.807, 2.05) is 19.1 Å². The molecule has 1 aromatic rings. The first-order valence-electron chi connectivity index (χ1n) is 7.12. The zero-order valence-corrected chi connectivity index (χ0v) is 12.6. The number of hydrogen-bond acceptors (Lipinski definition) is 2. The Labute approximate surface area is 121 Å². The van der Waals surface area contributed by atoms with Gasteiger partial charge in [-0.05, 0) is 49.9 Å². The summed E-state index contributed by atoms with van der Waals surface area (Å²) < 4.78 is 0. The van der Waals surface area contributed by atoms with Gasteiger partial charge in [0, 0.05) is 17.2 Å². The highest BCUT2D eigenvalue weighted by molar-refractivity contribution is 5.94. The Morgan fingerprint density at radius 3 is 2.40 bits per heavy atom. The van der Waals surface area contributed by atoms with E-state index in [0.717, 1.165) is 18.4 Å². The summed E-state index contributed by atoms with van der Waals surface area (Å²) in [4.78, 5) is 12.1. The summed E-state index contributed by atoms with van der Waals surface area (Å²) in [5.74, 6) is 6.36. The highest BCUT2D eigenvalue weighted by atomic mass is 16.1. The van der Waals surface area contributed by atoms with Gasteiger partial charge in [0.2, 0.25) is 0 Å². The van der Waals surface area contributed by atoms with Gasteiger partial charge in [0.1, 0.15) is 0 Å². The molecular formula is C17H24N2O. The molecule has 1 amide bonds. The van der Waals surface area contributed by atoms with Gasteiger partial charge in [-0.15, -0.1) is 0 Å². The molecule has 108 valence electrons. The molecule has 0 bridgehead atoms. The number of amides is 1. The predicted octanol–water partition coefficient (Wildman–Crippen LogP) is 2.55. The van der Waals surface area contributed by atoms with Crippen LogP contribution >= 0.6 is 0 Å². The fourth-order valence-electron chi connectivity index (χ4n) is 1.82. The highest BCUT2D eigenvalue weighted by Gasteiger charge is 2.09. The van der Waals surface area contributed by atoms with E-state index in [0.29, 0.717) is 18.0 Å². The second-order valence-electron chi connectivity index (χ2n) is 5.43. The molecule has 1 aromatic carbocycles. The lowest BCUT2D eigenvalue weighted by atomic mass is 10.0. The second kappa shape index (κ2) is 8.39. The molecule has 0 fully saturated rings. The van der Waals surface area contributed by atoms with Crippen LogP contribution in [0, 0.1) is 17.8 Å². The smallest absolute Gasteiger partial charge is 0.251 e. The summed E-state index contributed by atoms with van der Waals surface area (Å²) in [5, 5.41) is 3.02. The van der Waals surface area contributed by atoms with Gasteiger partial charge in [-0.2, -0.15) is 0 Å².